The van der Waals surface area contributed by atoms with E-state index in [1.54, 1.807) is 6.20 Å². The van der Waals surface area contributed by atoms with E-state index in [-0.39, 0.29) is 0 Å². The van der Waals surface area contributed by atoms with Gasteiger partial charge >= 0.3 is 0 Å². The summed E-state index contributed by atoms with van der Waals surface area (Å²) in [5.74, 6) is 0.979. The molecule has 2 heterocycles. The van der Waals surface area contributed by atoms with Crippen molar-refractivity contribution in [2.45, 2.75) is 0 Å². The van der Waals surface area contributed by atoms with Crippen LogP contribution in [0.2, 0.25) is 0 Å². The molecule has 0 atom stereocenters. The maximum Gasteiger partial charge on any atom is 0.193 e. The topological polar surface area (TPSA) is 35.5 Å². The van der Waals surface area contributed by atoms with Gasteiger partial charge in [-0.25, -0.2) is 9.97 Å². The summed E-state index contributed by atoms with van der Waals surface area (Å²) in [6, 6.07) is 9.56. The second-order valence-electron chi connectivity index (χ2n) is 3.53. The van der Waals surface area contributed by atoms with Crippen molar-refractivity contribution >= 4 is 46.8 Å². The molecule has 8 heteroatoms. The molecule has 0 saturated heterocycles. The highest BCUT2D eigenvalue weighted by Crippen LogP contribution is 2.40. The van der Waals surface area contributed by atoms with Crippen molar-refractivity contribution in [1.82, 2.24) is 14.6 Å². The molecule has 0 N–H and O–H groups in total. The lowest BCUT2D eigenvalue weighted by molar-refractivity contribution is 0.555. The van der Waals surface area contributed by atoms with Crippen molar-refractivity contribution < 1.29 is 0 Å². The molecule has 18 heavy (non-hydrogen) atoms. The van der Waals surface area contributed by atoms with Crippen molar-refractivity contribution in [3.8, 4) is 11.4 Å². The van der Waals surface area contributed by atoms with Crippen LogP contribution in [0.4, 0.5) is 11.5 Å². The van der Waals surface area contributed by atoms with Crippen LogP contribution in [0.25, 0.3) is 11.4 Å². The normalized spacial score (nSPS) is 15.1. The Labute approximate surface area is 118 Å². The molecule has 0 amide bonds. The van der Waals surface area contributed by atoms with Crippen molar-refractivity contribution in [2.75, 3.05) is 9.06 Å². The van der Waals surface area contributed by atoms with Gasteiger partial charge in [0, 0.05) is 40.9 Å². The molecule has 0 bridgehead atoms. The number of halogens is 3. The summed E-state index contributed by atoms with van der Waals surface area (Å²) < 4.78 is 3.23. The van der Waals surface area contributed by atoms with Gasteiger partial charge in [0.15, 0.2) is 11.6 Å². The van der Waals surface area contributed by atoms with Gasteiger partial charge in [0.2, 0.25) is 0 Å². The lowest BCUT2D eigenvalue weighted by atomic mass is 10.2. The number of hydrogen-bond acceptors (Lipinski definition) is 5. The molecule has 1 aliphatic heterocycles. The highest BCUT2D eigenvalue weighted by Gasteiger charge is 2.34. The van der Waals surface area contributed by atoms with Crippen LogP contribution in [0.15, 0.2) is 36.5 Å². The molecule has 2 aromatic rings. The number of benzene rings is 1. The first kappa shape index (κ1) is 11.8. The minimum Gasteiger partial charge on any atom is -0.234 e. The molecular formula is C10H6Cl3N5. The lowest BCUT2D eigenvalue weighted by Crippen LogP contribution is -2.30. The Morgan fingerprint density at radius 1 is 0.944 bits per heavy atom. The highest BCUT2D eigenvalue weighted by molar-refractivity contribution is 6.37. The fourth-order valence-electron chi connectivity index (χ4n) is 1.59. The summed E-state index contributed by atoms with van der Waals surface area (Å²) in [5.41, 5.74) is 1.40. The summed E-state index contributed by atoms with van der Waals surface area (Å²) in [6.07, 6.45) is 1.56. The first-order chi connectivity index (χ1) is 8.68. The molecule has 0 unspecified atom stereocenters. The number of anilines is 2. The van der Waals surface area contributed by atoms with Gasteiger partial charge in [-0.3, -0.25) is 0 Å². The van der Waals surface area contributed by atoms with E-state index in [9.17, 15) is 0 Å². The van der Waals surface area contributed by atoms with Crippen LogP contribution in [0, 0.1) is 0 Å². The van der Waals surface area contributed by atoms with Crippen LogP contribution in [0.5, 0.6) is 0 Å². The van der Waals surface area contributed by atoms with Gasteiger partial charge in [-0.2, -0.15) is 9.06 Å². The summed E-state index contributed by atoms with van der Waals surface area (Å²) in [6.45, 7) is 0. The average Bonchev–Trinajstić information content (AvgIpc) is 2.65. The maximum atomic E-state index is 5.96. The van der Waals surface area contributed by atoms with Gasteiger partial charge in [-0.15, -0.1) is 0 Å². The maximum absolute atomic E-state index is 5.96. The Kier molecular flexibility index (Phi) is 2.91. The number of fused-ring (bicyclic) bond motifs is 1. The van der Waals surface area contributed by atoms with Gasteiger partial charge < -0.3 is 0 Å². The number of nitrogens with zero attached hydrogens (tertiary/aromatic N) is 5. The first-order valence-corrected chi connectivity index (χ1v) is 6.00. The smallest absolute Gasteiger partial charge is 0.193 e. The minimum atomic E-state index is 0.426. The van der Waals surface area contributed by atoms with Crippen LogP contribution in [0.3, 0.4) is 0 Å². The Bertz CT molecular complexity index is 579. The van der Waals surface area contributed by atoms with E-state index >= 15 is 0 Å². The first-order valence-electron chi connectivity index (χ1n) is 4.98. The van der Waals surface area contributed by atoms with Crippen molar-refractivity contribution in [3.05, 3.63) is 36.5 Å². The SMILES string of the molecule is ClN1c2cnc(-c3ccccc3)nc2N(Cl)N1Cl. The average molecular weight is 303 g/mol. The van der Waals surface area contributed by atoms with Gasteiger partial charge in [0.1, 0.15) is 5.69 Å². The Morgan fingerprint density at radius 3 is 2.39 bits per heavy atom. The fraction of sp³-hybridized carbons (Fsp3) is 0. The van der Waals surface area contributed by atoms with Gasteiger partial charge in [-0.05, 0) is 4.64 Å². The zero-order valence-corrected chi connectivity index (χ0v) is 11.1. The summed E-state index contributed by atoms with van der Waals surface area (Å²) in [7, 11) is 0. The van der Waals surface area contributed by atoms with Gasteiger partial charge in [0.25, 0.3) is 0 Å². The molecule has 0 fully saturated rings. The summed E-state index contributed by atoms with van der Waals surface area (Å²) in [4.78, 5) is 8.57. The van der Waals surface area contributed by atoms with Crippen LogP contribution >= 0.6 is 35.3 Å². The lowest BCUT2D eigenvalue weighted by Gasteiger charge is -2.16. The van der Waals surface area contributed by atoms with E-state index in [0.717, 1.165) is 19.3 Å². The molecule has 0 spiro atoms. The van der Waals surface area contributed by atoms with Crippen LogP contribution in [-0.2, 0) is 0 Å². The van der Waals surface area contributed by atoms with Crippen molar-refractivity contribution in [2.24, 2.45) is 0 Å². The Hall–Kier alpha value is -1.27. The second-order valence-corrected chi connectivity index (χ2v) is 4.47. The quantitative estimate of drug-likeness (QED) is 0.755. The van der Waals surface area contributed by atoms with E-state index in [4.69, 9.17) is 35.3 Å². The van der Waals surface area contributed by atoms with E-state index in [1.807, 2.05) is 30.3 Å². The molecule has 0 radical (unpaired) electrons. The van der Waals surface area contributed by atoms with E-state index in [2.05, 4.69) is 9.97 Å². The largest absolute Gasteiger partial charge is 0.234 e. The monoisotopic (exact) mass is 301 g/mol. The third kappa shape index (κ3) is 1.76. The molecule has 1 aromatic heterocycles. The third-order valence-electron chi connectivity index (χ3n) is 2.45. The highest BCUT2D eigenvalue weighted by atomic mass is 35.5. The van der Waals surface area contributed by atoms with Crippen LogP contribution in [-0.4, -0.2) is 14.6 Å². The molecule has 3 rings (SSSR count). The number of hydrazine groups is 2. The zero-order valence-electron chi connectivity index (χ0n) is 8.83. The zero-order chi connectivity index (χ0) is 12.7. The molecule has 92 valence electrons. The van der Waals surface area contributed by atoms with E-state index in [0.29, 0.717) is 17.3 Å². The number of aromatic nitrogens is 2. The third-order valence-corrected chi connectivity index (χ3v) is 3.53. The molecular weight excluding hydrogens is 297 g/mol. The van der Waals surface area contributed by atoms with Crippen LogP contribution in [0.1, 0.15) is 0 Å². The summed E-state index contributed by atoms with van der Waals surface area (Å²) in [5, 5.41) is 0. The predicted octanol–water partition coefficient (Wildman–Crippen LogP) is 3.36. The Morgan fingerprint density at radius 2 is 1.67 bits per heavy atom. The molecule has 0 aliphatic carbocycles. The van der Waals surface area contributed by atoms with E-state index in [1.165, 1.54) is 0 Å². The van der Waals surface area contributed by atoms with Crippen molar-refractivity contribution in [1.29, 1.82) is 0 Å². The molecule has 1 aromatic carbocycles. The fourth-order valence-corrected chi connectivity index (χ4v) is 2.16. The predicted molar refractivity (Wildman–Crippen MR) is 71.8 cm³/mol. The van der Waals surface area contributed by atoms with Crippen molar-refractivity contribution in [3.63, 3.8) is 0 Å². The minimum absolute atomic E-state index is 0.426. The van der Waals surface area contributed by atoms with Crippen LogP contribution < -0.4 is 9.06 Å². The number of hydrogen-bond donors (Lipinski definition) is 0. The molecule has 5 nitrogen and oxygen atoms in total. The van der Waals surface area contributed by atoms with Gasteiger partial charge in [-0.1, -0.05) is 30.3 Å². The summed E-state index contributed by atoms with van der Waals surface area (Å²) >= 11 is 17.7. The second kappa shape index (κ2) is 4.44. The van der Waals surface area contributed by atoms with E-state index < -0.39 is 0 Å². The molecule has 1 aliphatic rings. The standard InChI is InChI=1S/C10H6Cl3N5/c11-16-8-6-14-9(7-4-2-1-3-5-7)15-10(8)17(12)18(16)13/h1-6H. The Balaban J connectivity index is 2.08. The number of rotatable bonds is 1. The van der Waals surface area contributed by atoms with Gasteiger partial charge in [0.05, 0.1) is 6.20 Å². The molecule has 0 saturated carbocycles.